The summed E-state index contributed by atoms with van der Waals surface area (Å²) in [5.41, 5.74) is 4.66. The molecular weight excluding hydrogens is 362 g/mol. The lowest BCUT2D eigenvalue weighted by atomic mass is 9.95. The number of hydrogen-bond donors (Lipinski definition) is 1. The summed E-state index contributed by atoms with van der Waals surface area (Å²) in [7, 11) is 0. The molecule has 1 aromatic carbocycles. The summed E-state index contributed by atoms with van der Waals surface area (Å²) in [6, 6.07) is 12.2. The van der Waals surface area contributed by atoms with Crippen molar-refractivity contribution in [2.75, 3.05) is 18.4 Å². The molecule has 2 aromatic heterocycles. The van der Waals surface area contributed by atoms with E-state index in [1.165, 1.54) is 4.88 Å². The highest BCUT2D eigenvalue weighted by Gasteiger charge is 2.25. The number of benzene rings is 1. The van der Waals surface area contributed by atoms with Crippen LogP contribution in [0.2, 0.25) is 0 Å². The minimum Gasteiger partial charge on any atom is -0.326 e. The molecule has 134 valence electrons. The van der Waals surface area contributed by atoms with E-state index in [1.54, 1.807) is 22.7 Å². The van der Waals surface area contributed by atoms with E-state index in [1.807, 2.05) is 35.2 Å². The van der Waals surface area contributed by atoms with Gasteiger partial charge in [-0.05, 0) is 49.5 Å². The van der Waals surface area contributed by atoms with E-state index < -0.39 is 0 Å². The van der Waals surface area contributed by atoms with E-state index >= 15 is 0 Å². The van der Waals surface area contributed by atoms with E-state index in [4.69, 9.17) is 0 Å². The molecule has 3 heterocycles. The molecule has 4 rings (SSSR count). The van der Waals surface area contributed by atoms with E-state index in [9.17, 15) is 4.79 Å². The predicted octanol–water partition coefficient (Wildman–Crippen LogP) is 4.72. The first-order valence-electron chi connectivity index (χ1n) is 8.82. The number of rotatable bonds is 5. The Labute approximate surface area is 161 Å². The Hall–Kier alpha value is -2.02. The van der Waals surface area contributed by atoms with Crippen LogP contribution in [-0.4, -0.2) is 28.9 Å². The van der Waals surface area contributed by atoms with Crippen LogP contribution < -0.4 is 5.32 Å². The van der Waals surface area contributed by atoms with Gasteiger partial charge in [0.1, 0.15) is 0 Å². The topological polar surface area (TPSA) is 45.2 Å². The summed E-state index contributed by atoms with van der Waals surface area (Å²) in [5.74, 6) is 0.230. The molecule has 0 unspecified atom stereocenters. The molecule has 0 aliphatic carbocycles. The van der Waals surface area contributed by atoms with Gasteiger partial charge in [-0.25, -0.2) is 4.98 Å². The zero-order valence-electron chi connectivity index (χ0n) is 14.4. The van der Waals surface area contributed by atoms with Gasteiger partial charge in [-0.2, -0.15) is 0 Å². The fourth-order valence-electron chi connectivity index (χ4n) is 3.33. The molecule has 0 saturated carbocycles. The lowest BCUT2D eigenvalue weighted by molar-refractivity contribution is -0.121. The second-order valence-corrected chi connectivity index (χ2v) is 8.32. The standard InChI is InChI=1S/C20H21N3OS2/c24-20(15-6-8-23(9-7-15)12-18-5-2-10-26-18)22-17-4-1-3-16(11-17)19-13-25-14-21-19/h1-5,10-11,13-15H,6-9,12H2,(H,22,24). The van der Waals surface area contributed by atoms with Crippen LogP contribution in [0.1, 0.15) is 17.7 Å². The van der Waals surface area contributed by atoms with E-state index in [-0.39, 0.29) is 11.8 Å². The van der Waals surface area contributed by atoms with Crippen molar-refractivity contribution in [3.8, 4) is 11.3 Å². The molecule has 6 heteroatoms. The van der Waals surface area contributed by atoms with Crippen LogP contribution in [0.4, 0.5) is 5.69 Å². The van der Waals surface area contributed by atoms with Gasteiger partial charge in [0.05, 0.1) is 11.2 Å². The number of piperidine rings is 1. The Bertz CT molecular complexity index is 838. The Morgan fingerprint density at radius 1 is 1.23 bits per heavy atom. The number of nitrogens with zero attached hydrogens (tertiary/aromatic N) is 2. The highest BCUT2D eigenvalue weighted by atomic mass is 32.1. The molecule has 26 heavy (non-hydrogen) atoms. The first-order chi connectivity index (χ1) is 12.8. The number of thiophene rings is 1. The van der Waals surface area contributed by atoms with E-state index in [0.717, 1.165) is 49.4 Å². The number of nitrogens with one attached hydrogen (secondary N) is 1. The van der Waals surface area contributed by atoms with Gasteiger partial charge in [-0.15, -0.1) is 22.7 Å². The van der Waals surface area contributed by atoms with Gasteiger partial charge >= 0.3 is 0 Å². The number of aromatic nitrogens is 1. The molecular formula is C20H21N3OS2. The van der Waals surface area contributed by atoms with Gasteiger partial charge in [-0.3, -0.25) is 9.69 Å². The Balaban J connectivity index is 1.32. The smallest absolute Gasteiger partial charge is 0.227 e. The number of carbonyl (C=O) groups excluding carboxylic acids is 1. The summed E-state index contributed by atoms with van der Waals surface area (Å²) < 4.78 is 0. The first-order valence-corrected chi connectivity index (χ1v) is 10.6. The molecule has 1 N–H and O–H groups in total. The summed E-state index contributed by atoms with van der Waals surface area (Å²) in [4.78, 5) is 20.8. The second kappa shape index (κ2) is 8.12. The van der Waals surface area contributed by atoms with Crippen molar-refractivity contribution >= 4 is 34.3 Å². The lowest BCUT2D eigenvalue weighted by Gasteiger charge is -2.30. The summed E-state index contributed by atoms with van der Waals surface area (Å²) >= 11 is 3.38. The minimum absolute atomic E-state index is 0.0949. The monoisotopic (exact) mass is 383 g/mol. The Kier molecular flexibility index (Phi) is 5.43. The first kappa shape index (κ1) is 17.4. The van der Waals surface area contributed by atoms with Crippen molar-refractivity contribution in [3.63, 3.8) is 0 Å². The largest absolute Gasteiger partial charge is 0.326 e. The Morgan fingerprint density at radius 2 is 2.12 bits per heavy atom. The maximum absolute atomic E-state index is 12.6. The molecule has 1 aliphatic rings. The Morgan fingerprint density at radius 3 is 2.85 bits per heavy atom. The molecule has 4 nitrogen and oxygen atoms in total. The number of hydrogen-bond acceptors (Lipinski definition) is 5. The van der Waals surface area contributed by atoms with Crippen LogP contribution >= 0.6 is 22.7 Å². The van der Waals surface area contributed by atoms with E-state index in [2.05, 4.69) is 32.7 Å². The molecule has 1 saturated heterocycles. The quantitative estimate of drug-likeness (QED) is 0.693. The predicted molar refractivity (Wildman–Crippen MR) is 108 cm³/mol. The molecule has 3 aromatic rings. The molecule has 0 radical (unpaired) electrons. The van der Waals surface area contributed by atoms with Gasteiger partial charge in [0.15, 0.2) is 0 Å². The number of thiazole rings is 1. The maximum Gasteiger partial charge on any atom is 0.227 e. The average molecular weight is 384 g/mol. The maximum atomic E-state index is 12.6. The van der Waals surface area contributed by atoms with Crippen LogP contribution in [0.25, 0.3) is 11.3 Å². The van der Waals surface area contributed by atoms with Gasteiger partial charge in [0.2, 0.25) is 5.91 Å². The fraction of sp³-hybridized carbons (Fsp3) is 0.300. The van der Waals surface area contributed by atoms with E-state index in [0.29, 0.717) is 0 Å². The molecule has 0 atom stereocenters. The molecule has 0 bridgehead atoms. The van der Waals surface area contributed by atoms with Crippen LogP contribution in [0, 0.1) is 5.92 Å². The number of carbonyl (C=O) groups is 1. The van der Waals surface area contributed by atoms with Crippen LogP contribution in [-0.2, 0) is 11.3 Å². The minimum atomic E-state index is 0.0949. The highest BCUT2D eigenvalue weighted by Crippen LogP contribution is 2.25. The average Bonchev–Trinajstić information content (AvgIpc) is 3.37. The summed E-state index contributed by atoms with van der Waals surface area (Å²) in [5, 5.41) is 7.23. The number of anilines is 1. The third-order valence-electron chi connectivity index (χ3n) is 4.78. The summed E-state index contributed by atoms with van der Waals surface area (Å²) in [6.45, 7) is 2.96. The van der Waals surface area contributed by atoms with Gasteiger partial charge in [0, 0.05) is 34.0 Å². The van der Waals surface area contributed by atoms with Crippen molar-refractivity contribution in [2.24, 2.45) is 5.92 Å². The normalized spacial score (nSPS) is 15.8. The van der Waals surface area contributed by atoms with Crippen molar-refractivity contribution in [1.29, 1.82) is 0 Å². The zero-order valence-corrected chi connectivity index (χ0v) is 16.1. The third-order valence-corrected chi connectivity index (χ3v) is 6.22. The van der Waals surface area contributed by atoms with Crippen molar-refractivity contribution < 1.29 is 4.79 Å². The molecule has 1 amide bonds. The SMILES string of the molecule is O=C(Nc1cccc(-c2cscn2)c1)C1CCN(Cc2cccs2)CC1. The number of likely N-dealkylation sites (tertiary alicyclic amines) is 1. The van der Waals surface area contributed by atoms with Gasteiger partial charge in [-0.1, -0.05) is 18.2 Å². The van der Waals surface area contributed by atoms with Gasteiger partial charge < -0.3 is 5.32 Å². The lowest BCUT2D eigenvalue weighted by Crippen LogP contribution is -2.37. The molecule has 0 spiro atoms. The second-order valence-electron chi connectivity index (χ2n) is 6.57. The molecule has 1 aliphatic heterocycles. The van der Waals surface area contributed by atoms with Gasteiger partial charge in [0.25, 0.3) is 0 Å². The van der Waals surface area contributed by atoms with Crippen LogP contribution in [0.15, 0.2) is 52.7 Å². The molecule has 1 fully saturated rings. The highest BCUT2D eigenvalue weighted by molar-refractivity contribution is 7.09. The third kappa shape index (κ3) is 4.20. The van der Waals surface area contributed by atoms with Crippen LogP contribution in [0.3, 0.4) is 0 Å². The zero-order chi connectivity index (χ0) is 17.8. The summed E-state index contributed by atoms with van der Waals surface area (Å²) in [6.07, 6.45) is 1.84. The van der Waals surface area contributed by atoms with Crippen molar-refractivity contribution in [1.82, 2.24) is 9.88 Å². The van der Waals surface area contributed by atoms with Crippen LogP contribution in [0.5, 0.6) is 0 Å². The van der Waals surface area contributed by atoms with Crippen molar-refractivity contribution in [3.05, 3.63) is 57.5 Å². The fourth-order valence-corrected chi connectivity index (χ4v) is 4.64. The number of amides is 1. The van der Waals surface area contributed by atoms with Crippen molar-refractivity contribution in [2.45, 2.75) is 19.4 Å².